The zero-order valence-electron chi connectivity index (χ0n) is 5.18. The van der Waals surface area contributed by atoms with E-state index in [-0.39, 0.29) is 0 Å². The molecule has 1 unspecified atom stereocenters. The van der Waals surface area contributed by atoms with Gasteiger partial charge in [0.25, 0.3) is 0 Å². The van der Waals surface area contributed by atoms with Crippen LogP contribution >= 0.6 is 21.6 Å². The van der Waals surface area contributed by atoms with Crippen LogP contribution in [0, 0.1) is 0 Å². The molecule has 0 radical (unpaired) electrons. The largest absolute Gasteiger partial charge is 0.0894 e. The van der Waals surface area contributed by atoms with E-state index in [1.807, 2.05) is 21.6 Å². The third-order valence-electron chi connectivity index (χ3n) is 1.33. The summed E-state index contributed by atoms with van der Waals surface area (Å²) in [5.74, 6) is 1.20. The average Bonchev–Trinajstić information content (AvgIpc) is 1.77. The Morgan fingerprint density at radius 3 is 2.88 bits per heavy atom. The predicted octanol–water partition coefficient (Wildman–Crippen LogP) is 2.72. The Hall–Kier alpha value is 0.440. The first-order valence-electron chi connectivity index (χ1n) is 2.75. The molecule has 0 saturated heterocycles. The van der Waals surface area contributed by atoms with Crippen LogP contribution in [0.5, 0.6) is 0 Å². The Morgan fingerprint density at radius 1 is 1.75 bits per heavy atom. The number of hydrogen-bond acceptors (Lipinski definition) is 2. The van der Waals surface area contributed by atoms with Gasteiger partial charge in [0.15, 0.2) is 0 Å². The third-order valence-corrected chi connectivity index (χ3v) is 4.11. The summed E-state index contributed by atoms with van der Waals surface area (Å²) in [5.41, 5.74) is 1.54. The van der Waals surface area contributed by atoms with Crippen LogP contribution < -0.4 is 0 Å². The molecule has 1 aliphatic rings. The molecule has 1 aliphatic heterocycles. The molecule has 8 heavy (non-hydrogen) atoms. The van der Waals surface area contributed by atoms with Gasteiger partial charge >= 0.3 is 0 Å². The third kappa shape index (κ3) is 1.46. The van der Waals surface area contributed by atoms with Gasteiger partial charge in [0.05, 0.1) is 0 Å². The minimum Gasteiger partial charge on any atom is -0.0894 e. The Balaban J connectivity index is 2.53. The van der Waals surface area contributed by atoms with Crippen LogP contribution in [0.15, 0.2) is 11.6 Å². The minimum atomic E-state index is 0.744. The van der Waals surface area contributed by atoms with Gasteiger partial charge in [-0.3, -0.25) is 0 Å². The molecule has 2 heteroatoms. The molecule has 0 aromatic carbocycles. The van der Waals surface area contributed by atoms with E-state index in [1.54, 1.807) is 0 Å². The maximum Gasteiger partial charge on any atom is 0.0329 e. The van der Waals surface area contributed by atoms with Crippen LogP contribution in [0.2, 0.25) is 0 Å². The fourth-order valence-electron chi connectivity index (χ4n) is 0.549. The van der Waals surface area contributed by atoms with Crippen LogP contribution in [-0.2, 0) is 0 Å². The minimum absolute atomic E-state index is 0.744. The van der Waals surface area contributed by atoms with Crippen LogP contribution in [0.4, 0.5) is 0 Å². The Bertz CT molecular complexity index is 107. The lowest BCUT2D eigenvalue weighted by atomic mass is 10.2. The van der Waals surface area contributed by atoms with Gasteiger partial charge in [-0.1, -0.05) is 33.2 Å². The SMILES string of the molecule is CC1=CCSSC1C. The van der Waals surface area contributed by atoms with E-state index in [1.165, 1.54) is 11.3 Å². The van der Waals surface area contributed by atoms with E-state index in [0.29, 0.717) is 0 Å². The van der Waals surface area contributed by atoms with Crippen molar-refractivity contribution in [1.29, 1.82) is 0 Å². The first-order chi connectivity index (χ1) is 3.80. The summed E-state index contributed by atoms with van der Waals surface area (Å²) in [6.45, 7) is 4.46. The summed E-state index contributed by atoms with van der Waals surface area (Å²) in [6.07, 6.45) is 2.31. The van der Waals surface area contributed by atoms with Gasteiger partial charge in [-0.25, -0.2) is 0 Å². The maximum absolute atomic E-state index is 2.31. The topological polar surface area (TPSA) is 0 Å². The number of rotatable bonds is 0. The molecular weight excluding hydrogens is 136 g/mol. The van der Waals surface area contributed by atoms with Crippen LogP contribution in [0.25, 0.3) is 0 Å². The maximum atomic E-state index is 2.31. The van der Waals surface area contributed by atoms with Crippen molar-refractivity contribution in [3.05, 3.63) is 11.6 Å². The van der Waals surface area contributed by atoms with Crippen molar-refractivity contribution in [3.8, 4) is 0 Å². The summed E-state index contributed by atoms with van der Waals surface area (Å²) in [4.78, 5) is 0. The Labute approximate surface area is 58.5 Å². The quantitative estimate of drug-likeness (QED) is 0.381. The molecule has 0 bridgehead atoms. The highest BCUT2D eigenvalue weighted by molar-refractivity contribution is 8.77. The summed E-state index contributed by atoms with van der Waals surface area (Å²) in [6, 6.07) is 0. The fourth-order valence-corrected chi connectivity index (χ4v) is 2.92. The molecule has 0 spiro atoms. The van der Waals surface area contributed by atoms with E-state index in [9.17, 15) is 0 Å². The molecular formula is C6H10S2. The fraction of sp³-hybridized carbons (Fsp3) is 0.667. The highest BCUT2D eigenvalue weighted by Crippen LogP contribution is 2.34. The molecule has 0 saturated carbocycles. The van der Waals surface area contributed by atoms with Gasteiger partial charge in [0, 0.05) is 11.0 Å². The van der Waals surface area contributed by atoms with E-state index in [4.69, 9.17) is 0 Å². The molecule has 0 aromatic rings. The van der Waals surface area contributed by atoms with Crippen molar-refractivity contribution in [1.82, 2.24) is 0 Å². The van der Waals surface area contributed by atoms with Crippen molar-refractivity contribution < 1.29 is 0 Å². The normalized spacial score (nSPS) is 29.8. The summed E-state index contributed by atoms with van der Waals surface area (Å²) in [5, 5.41) is 0.744. The second-order valence-electron chi connectivity index (χ2n) is 1.97. The van der Waals surface area contributed by atoms with E-state index in [2.05, 4.69) is 19.9 Å². The molecule has 1 atom stereocenters. The zero-order valence-corrected chi connectivity index (χ0v) is 6.81. The molecule has 0 nitrogen and oxygen atoms in total. The zero-order chi connectivity index (χ0) is 5.98. The highest BCUT2D eigenvalue weighted by atomic mass is 33.1. The molecule has 0 aromatic heterocycles. The van der Waals surface area contributed by atoms with E-state index < -0.39 is 0 Å². The second kappa shape index (κ2) is 2.83. The lowest BCUT2D eigenvalue weighted by molar-refractivity contribution is 1.12. The average molecular weight is 146 g/mol. The summed E-state index contributed by atoms with van der Waals surface area (Å²) >= 11 is 0. The monoisotopic (exact) mass is 146 g/mol. The Morgan fingerprint density at radius 2 is 2.50 bits per heavy atom. The van der Waals surface area contributed by atoms with Crippen LogP contribution in [0.3, 0.4) is 0 Å². The predicted molar refractivity (Wildman–Crippen MR) is 43.3 cm³/mol. The van der Waals surface area contributed by atoms with Gasteiger partial charge in [0.2, 0.25) is 0 Å². The van der Waals surface area contributed by atoms with Crippen LogP contribution in [0.1, 0.15) is 13.8 Å². The van der Waals surface area contributed by atoms with E-state index >= 15 is 0 Å². The van der Waals surface area contributed by atoms with Crippen molar-refractivity contribution in [3.63, 3.8) is 0 Å². The van der Waals surface area contributed by atoms with Crippen molar-refractivity contribution in [2.75, 3.05) is 5.75 Å². The molecule has 0 fully saturated rings. The molecule has 0 N–H and O–H groups in total. The van der Waals surface area contributed by atoms with Gasteiger partial charge in [-0.15, -0.1) is 0 Å². The van der Waals surface area contributed by atoms with Gasteiger partial charge < -0.3 is 0 Å². The molecule has 0 aliphatic carbocycles. The first kappa shape index (κ1) is 6.56. The standard InChI is InChI=1S/C6H10S2/c1-5-3-4-7-8-6(5)2/h3,6H,4H2,1-2H3. The van der Waals surface area contributed by atoms with Gasteiger partial charge in [-0.2, -0.15) is 0 Å². The van der Waals surface area contributed by atoms with Crippen molar-refractivity contribution >= 4 is 21.6 Å². The summed E-state index contributed by atoms with van der Waals surface area (Å²) in [7, 11) is 3.92. The second-order valence-corrected chi connectivity index (χ2v) is 4.72. The van der Waals surface area contributed by atoms with Gasteiger partial charge in [-0.05, 0) is 13.8 Å². The lowest BCUT2D eigenvalue weighted by Crippen LogP contribution is -1.99. The lowest BCUT2D eigenvalue weighted by Gasteiger charge is -2.14. The van der Waals surface area contributed by atoms with E-state index in [0.717, 1.165) is 5.25 Å². The number of hydrogen-bond donors (Lipinski definition) is 0. The van der Waals surface area contributed by atoms with Crippen molar-refractivity contribution in [2.24, 2.45) is 0 Å². The first-order valence-corrected chi connectivity index (χ1v) is 5.14. The summed E-state index contributed by atoms with van der Waals surface area (Å²) < 4.78 is 0. The Kier molecular flexibility index (Phi) is 2.32. The van der Waals surface area contributed by atoms with Crippen molar-refractivity contribution in [2.45, 2.75) is 19.1 Å². The van der Waals surface area contributed by atoms with Crippen LogP contribution in [-0.4, -0.2) is 11.0 Å². The molecule has 1 rings (SSSR count). The molecule has 0 amide bonds. The highest BCUT2D eigenvalue weighted by Gasteiger charge is 2.08. The smallest absolute Gasteiger partial charge is 0.0329 e. The molecule has 1 heterocycles. The molecule has 46 valence electrons. The van der Waals surface area contributed by atoms with Gasteiger partial charge in [0.1, 0.15) is 0 Å².